The van der Waals surface area contributed by atoms with E-state index >= 15 is 0 Å². The highest BCUT2D eigenvalue weighted by atomic mass is 35.5. The van der Waals surface area contributed by atoms with Crippen molar-refractivity contribution in [1.29, 1.82) is 0 Å². The van der Waals surface area contributed by atoms with Gasteiger partial charge in [-0.3, -0.25) is 0 Å². The van der Waals surface area contributed by atoms with E-state index in [9.17, 15) is 0 Å². The molecule has 0 radical (unpaired) electrons. The molecule has 0 aliphatic heterocycles. The van der Waals surface area contributed by atoms with Gasteiger partial charge >= 0.3 is 0 Å². The van der Waals surface area contributed by atoms with E-state index in [4.69, 9.17) is 17.3 Å². The molecule has 60 valence electrons. The molecule has 0 spiro atoms. The van der Waals surface area contributed by atoms with Crippen LogP contribution in [-0.2, 0) is 0 Å². The van der Waals surface area contributed by atoms with E-state index in [1.54, 1.807) is 6.07 Å². The number of nitrogens with two attached hydrogens (primary N) is 1. The van der Waals surface area contributed by atoms with Crippen molar-refractivity contribution in [3.63, 3.8) is 0 Å². The van der Waals surface area contributed by atoms with Crippen molar-refractivity contribution in [2.75, 3.05) is 5.73 Å². The molecule has 0 aliphatic carbocycles. The number of halogens is 1. The standard InChI is InChI=1S/C8H11ClN2/c1-5(2)6-3-4-7(10)11-8(6)9/h3-5H,1-2H3,(H2,10,11). The molecule has 0 atom stereocenters. The topological polar surface area (TPSA) is 38.9 Å². The summed E-state index contributed by atoms with van der Waals surface area (Å²) >= 11 is 5.83. The van der Waals surface area contributed by atoms with Crippen LogP contribution in [0.5, 0.6) is 0 Å². The lowest BCUT2D eigenvalue weighted by atomic mass is 10.1. The van der Waals surface area contributed by atoms with Crippen molar-refractivity contribution in [2.24, 2.45) is 0 Å². The van der Waals surface area contributed by atoms with Crippen LogP contribution >= 0.6 is 11.6 Å². The molecule has 2 nitrogen and oxygen atoms in total. The van der Waals surface area contributed by atoms with E-state index in [0.717, 1.165) is 5.56 Å². The summed E-state index contributed by atoms with van der Waals surface area (Å²) in [5.74, 6) is 0.870. The van der Waals surface area contributed by atoms with Crippen LogP contribution < -0.4 is 5.73 Å². The van der Waals surface area contributed by atoms with E-state index in [1.807, 2.05) is 6.07 Å². The quantitative estimate of drug-likeness (QED) is 0.658. The first-order valence-electron chi connectivity index (χ1n) is 3.53. The lowest BCUT2D eigenvalue weighted by Gasteiger charge is -2.06. The largest absolute Gasteiger partial charge is 0.384 e. The van der Waals surface area contributed by atoms with E-state index in [0.29, 0.717) is 16.9 Å². The molecule has 0 saturated heterocycles. The van der Waals surface area contributed by atoms with Crippen LogP contribution in [0.25, 0.3) is 0 Å². The minimum Gasteiger partial charge on any atom is -0.384 e. The lowest BCUT2D eigenvalue weighted by molar-refractivity contribution is 0.859. The second kappa shape index (κ2) is 3.09. The second-order valence-corrected chi connectivity index (χ2v) is 3.13. The Morgan fingerprint density at radius 2 is 2.09 bits per heavy atom. The Morgan fingerprint density at radius 1 is 1.45 bits per heavy atom. The van der Waals surface area contributed by atoms with Gasteiger partial charge in [-0.05, 0) is 17.5 Å². The van der Waals surface area contributed by atoms with Crippen LogP contribution in [0.1, 0.15) is 25.3 Å². The molecule has 1 aromatic heterocycles. The highest BCUT2D eigenvalue weighted by Crippen LogP contribution is 2.22. The number of hydrogen-bond acceptors (Lipinski definition) is 2. The van der Waals surface area contributed by atoms with Crippen molar-refractivity contribution in [3.05, 3.63) is 22.8 Å². The maximum Gasteiger partial charge on any atom is 0.134 e. The maximum atomic E-state index is 5.83. The first-order chi connectivity index (χ1) is 5.11. The number of rotatable bonds is 1. The van der Waals surface area contributed by atoms with Gasteiger partial charge in [-0.1, -0.05) is 31.5 Å². The van der Waals surface area contributed by atoms with Crippen molar-refractivity contribution in [1.82, 2.24) is 4.98 Å². The van der Waals surface area contributed by atoms with Gasteiger partial charge in [-0.2, -0.15) is 0 Å². The predicted octanol–water partition coefficient (Wildman–Crippen LogP) is 2.44. The third kappa shape index (κ3) is 1.84. The van der Waals surface area contributed by atoms with Gasteiger partial charge in [0.2, 0.25) is 0 Å². The van der Waals surface area contributed by atoms with Gasteiger partial charge in [0.25, 0.3) is 0 Å². The number of aromatic nitrogens is 1. The first-order valence-corrected chi connectivity index (χ1v) is 3.91. The van der Waals surface area contributed by atoms with Crippen molar-refractivity contribution in [2.45, 2.75) is 19.8 Å². The first kappa shape index (κ1) is 8.34. The maximum absolute atomic E-state index is 5.83. The minimum atomic E-state index is 0.399. The van der Waals surface area contributed by atoms with Gasteiger partial charge in [0.1, 0.15) is 11.0 Å². The number of anilines is 1. The summed E-state index contributed by atoms with van der Waals surface area (Å²) in [6.45, 7) is 4.14. The summed E-state index contributed by atoms with van der Waals surface area (Å²) in [5, 5.41) is 0.514. The Bertz CT molecular complexity index is 258. The molecule has 0 amide bonds. The van der Waals surface area contributed by atoms with E-state index < -0.39 is 0 Å². The highest BCUT2D eigenvalue weighted by Gasteiger charge is 2.05. The smallest absolute Gasteiger partial charge is 0.134 e. The minimum absolute atomic E-state index is 0.399. The molecular weight excluding hydrogens is 160 g/mol. The summed E-state index contributed by atoms with van der Waals surface area (Å²) in [7, 11) is 0. The number of pyridine rings is 1. The summed E-state index contributed by atoms with van der Waals surface area (Å²) in [5.41, 5.74) is 6.47. The van der Waals surface area contributed by atoms with Gasteiger partial charge in [-0.25, -0.2) is 4.98 Å². The molecule has 0 bridgehead atoms. The molecule has 3 heteroatoms. The zero-order chi connectivity index (χ0) is 8.43. The molecule has 1 heterocycles. The van der Waals surface area contributed by atoms with Crippen LogP contribution in [0.2, 0.25) is 5.15 Å². The summed E-state index contributed by atoms with van der Waals surface area (Å²) in [4.78, 5) is 3.94. The summed E-state index contributed by atoms with van der Waals surface area (Å²) in [6, 6.07) is 3.68. The molecule has 0 unspecified atom stereocenters. The molecular formula is C8H11ClN2. The van der Waals surface area contributed by atoms with Crippen LogP contribution in [0.3, 0.4) is 0 Å². The third-order valence-corrected chi connectivity index (χ3v) is 1.82. The van der Waals surface area contributed by atoms with Gasteiger partial charge < -0.3 is 5.73 Å². The summed E-state index contributed by atoms with van der Waals surface area (Å²) in [6.07, 6.45) is 0. The number of nitrogens with zero attached hydrogens (tertiary/aromatic N) is 1. The normalized spacial score (nSPS) is 10.5. The van der Waals surface area contributed by atoms with Gasteiger partial charge in [0, 0.05) is 0 Å². The van der Waals surface area contributed by atoms with E-state index in [-0.39, 0.29) is 0 Å². The molecule has 0 aliphatic rings. The number of nitrogen functional groups attached to an aromatic ring is 1. The SMILES string of the molecule is CC(C)c1ccc(N)nc1Cl. The van der Waals surface area contributed by atoms with E-state index in [2.05, 4.69) is 18.8 Å². The molecule has 2 N–H and O–H groups in total. The molecule has 11 heavy (non-hydrogen) atoms. The zero-order valence-electron chi connectivity index (χ0n) is 6.63. The Kier molecular flexibility index (Phi) is 2.35. The van der Waals surface area contributed by atoms with Gasteiger partial charge in [-0.15, -0.1) is 0 Å². The average Bonchev–Trinajstić information content (AvgIpc) is 1.85. The van der Waals surface area contributed by atoms with Crippen LogP contribution in [0.4, 0.5) is 5.82 Å². The molecule has 1 aromatic rings. The monoisotopic (exact) mass is 170 g/mol. The average molecular weight is 171 g/mol. The molecule has 0 saturated carbocycles. The Morgan fingerprint density at radius 3 is 2.55 bits per heavy atom. The zero-order valence-corrected chi connectivity index (χ0v) is 7.39. The Balaban J connectivity index is 3.09. The van der Waals surface area contributed by atoms with Crippen LogP contribution in [0, 0.1) is 0 Å². The third-order valence-electron chi connectivity index (χ3n) is 1.52. The molecule has 0 fully saturated rings. The van der Waals surface area contributed by atoms with Crippen LogP contribution in [0.15, 0.2) is 12.1 Å². The summed E-state index contributed by atoms with van der Waals surface area (Å²) < 4.78 is 0. The second-order valence-electron chi connectivity index (χ2n) is 2.77. The highest BCUT2D eigenvalue weighted by molar-refractivity contribution is 6.30. The Hall–Kier alpha value is -0.760. The molecule has 1 rings (SSSR count). The van der Waals surface area contributed by atoms with Crippen LogP contribution in [-0.4, -0.2) is 4.98 Å². The van der Waals surface area contributed by atoms with Crippen molar-refractivity contribution < 1.29 is 0 Å². The van der Waals surface area contributed by atoms with Crippen molar-refractivity contribution in [3.8, 4) is 0 Å². The predicted molar refractivity (Wildman–Crippen MR) is 47.7 cm³/mol. The molecule has 0 aromatic carbocycles. The van der Waals surface area contributed by atoms with E-state index in [1.165, 1.54) is 0 Å². The fourth-order valence-corrected chi connectivity index (χ4v) is 1.27. The Labute approximate surface area is 71.4 Å². The number of hydrogen-bond donors (Lipinski definition) is 1. The van der Waals surface area contributed by atoms with Crippen molar-refractivity contribution >= 4 is 17.4 Å². The fraction of sp³-hybridized carbons (Fsp3) is 0.375. The van der Waals surface area contributed by atoms with Gasteiger partial charge in [0.15, 0.2) is 0 Å². The lowest BCUT2D eigenvalue weighted by Crippen LogP contribution is -1.95. The van der Waals surface area contributed by atoms with Gasteiger partial charge in [0.05, 0.1) is 0 Å². The fourth-order valence-electron chi connectivity index (χ4n) is 0.890.